The zero-order chi connectivity index (χ0) is 21.1. The van der Waals surface area contributed by atoms with Gasteiger partial charge in [0.25, 0.3) is 5.62 Å². The lowest BCUT2D eigenvalue weighted by molar-refractivity contribution is 0.171. The molecule has 144 valence electrons. The van der Waals surface area contributed by atoms with Crippen molar-refractivity contribution in [2.24, 2.45) is 4.99 Å². The van der Waals surface area contributed by atoms with Crippen LogP contribution in [0.2, 0.25) is 0 Å². The molecule has 2 aromatic carbocycles. The molecule has 0 spiro atoms. The first-order valence-corrected chi connectivity index (χ1v) is 9.14. The summed E-state index contributed by atoms with van der Waals surface area (Å²) in [5.74, 6) is 0.582. The van der Waals surface area contributed by atoms with E-state index in [1.807, 2.05) is 19.9 Å². The molecular formula is C20H15BrN6O2. The topological polar surface area (TPSA) is 133 Å². The van der Waals surface area contributed by atoms with Crippen LogP contribution in [0.25, 0.3) is 0 Å². The average Bonchev–Trinajstić information content (AvgIpc) is 2.72. The maximum atomic E-state index is 10.3. The molecule has 0 atom stereocenters. The van der Waals surface area contributed by atoms with Gasteiger partial charge in [0.15, 0.2) is 5.82 Å². The van der Waals surface area contributed by atoms with Gasteiger partial charge < -0.3 is 15.7 Å². The first kappa shape index (κ1) is 19.9. The standard InChI is InChI=1S/C20H15BrN6O2/c1-11-7-14(10-23)8-12(2)17(11)29-19-16(21)18(24)27(28)20(26-19)25-15-5-3-13(9-22)4-6-15/h3-8,28H,24H2,1-2H3. The summed E-state index contributed by atoms with van der Waals surface area (Å²) in [6, 6.07) is 14.0. The molecule has 3 N–H and O–H groups in total. The largest absolute Gasteiger partial charge is 0.437 e. The van der Waals surface area contributed by atoms with Crippen molar-refractivity contribution >= 4 is 27.4 Å². The van der Waals surface area contributed by atoms with Gasteiger partial charge in [0.2, 0.25) is 5.88 Å². The van der Waals surface area contributed by atoms with Crippen LogP contribution in [0.1, 0.15) is 22.3 Å². The highest BCUT2D eigenvalue weighted by atomic mass is 79.9. The zero-order valence-electron chi connectivity index (χ0n) is 15.5. The van der Waals surface area contributed by atoms with Gasteiger partial charge in [-0.2, -0.15) is 15.5 Å². The van der Waals surface area contributed by atoms with Gasteiger partial charge in [-0.05, 0) is 77.3 Å². The van der Waals surface area contributed by atoms with E-state index in [9.17, 15) is 5.21 Å². The fraction of sp³-hybridized carbons (Fsp3) is 0.100. The van der Waals surface area contributed by atoms with Crippen molar-refractivity contribution in [3.05, 3.63) is 68.7 Å². The minimum atomic E-state index is -0.102. The first-order valence-electron chi connectivity index (χ1n) is 8.35. The first-order chi connectivity index (χ1) is 13.8. The molecule has 0 saturated heterocycles. The highest BCUT2D eigenvalue weighted by molar-refractivity contribution is 9.10. The van der Waals surface area contributed by atoms with Crippen LogP contribution < -0.4 is 16.1 Å². The van der Waals surface area contributed by atoms with Gasteiger partial charge in [0, 0.05) is 0 Å². The molecule has 29 heavy (non-hydrogen) atoms. The monoisotopic (exact) mass is 450 g/mol. The lowest BCUT2D eigenvalue weighted by Crippen LogP contribution is -2.26. The van der Waals surface area contributed by atoms with Crippen molar-refractivity contribution < 1.29 is 9.94 Å². The molecule has 0 bridgehead atoms. The Bertz CT molecular complexity index is 1230. The molecule has 0 saturated carbocycles. The van der Waals surface area contributed by atoms with E-state index in [-0.39, 0.29) is 21.8 Å². The number of nitrogens with two attached hydrogens (primary N) is 1. The van der Waals surface area contributed by atoms with Gasteiger partial charge in [0.05, 0.1) is 29.0 Å². The van der Waals surface area contributed by atoms with E-state index in [2.05, 4.69) is 32.0 Å². The molecule has 0 aliphatic heterocycles. The highest BCUT2D eigenvalue weighted by Crippen LogP contribution is 2.34. The number of nitrogen functional groups attached to an aromatic ring is 1. The van der Waals surface area contributed by atoms with Crippen LogP contribution in [-0.2, 0) is 0 Å². The maximum Gasteiger partial charge on any atom is 0.268 e. The Balaban J connectivity index is 2.11. The van der Waals surface area contributed by atoms with E-state index < -0.39 is 0 Å². The van der Waals surface area contributed by atoms with Crippen molar-refractivity contribution in [1.29, 1.82) is 10.5 Å². The second-order valence-electron chi connectivity index (χ2n) is 6.15. The average molecular weight is 451 g/mol. The van der Waals surface area contributed by atoms with Crippen molar-refractivity contribution in [2.75, 3.05) is 5.73 Å². The number of nitrogens with zero attached hydrogens (tertiary/aromatic N) is 5. The molecule has 1 aromatic heterocycles. The van der Waals surface area contributed by atoms with E-state index in [1.54, 1.807) is 36.4 Å². The van der Waals surface area contributed by atoms with Crippen molar-refractivity contribution in [3.8, 4) is 23.8 Å². The lowest BCUT2D eigenvalue weighted by atomic mass is 10.1. The van der Waals surface area contributed by atoms with E-state index in [0.29, 0.717) is 27.3 Å². The summed E-state index contributed by atoms with van der Waals surface area (Å²) in [4.78, 5) is 8.52. The van der Waals surface area contributed by atoms with Crippen LogP contribution in [0.15, 0.2) is 45.9 Å². The van der Waals surface area contributed by atoms with Crippen molar-refractivity contribution in [1.82, 2.24) is 9.71 Å². The Morgan fingerprint density at radius 1 is 1.10 bits per heavy atom. The van der Waals surface area contributed by atoms with Gasteiger partial charge in [0.1, 0.15) is 10.2 Å². The van der Waals surface area contributed by atoms with Crippen LogP contribution >= 0.6 is 15.9 Å². The number of anilines is 1. The van der Waals surface area contributed by atoms with Gasteiger partial charge in [-0.1, -0.05) is 0 Å². The van der Waals surface area contributed by atoms with Crippen molar-refractivity contribution in [3.63, 3.8) is 0 Å². The fourth-order valence-electron chi connectivity index (χ4n) is 2.64. The minimum Gasteiger partial charge on any atom is -0.437 e. The molecule has 3 aromatic rings. The van der Waals surface area contributed by atoms with Crippen LogP contribution in [0.4, 0.5) is 11.5 Å². The van der Waals surface area contributed by atoms with Gasteiger partial charge >= 0.3 is 0 Å². The molecule has 0 fully saturated rings. The number of hydrogen-bond donors (Lipinski definition) is 2. The highest BCUT2D eigenvalue weighted by Gasteiger charge is 2.16. The molecule has 0 amide bonds. The van der Waals surface area contributed by atoms with E-state index >= 15 is 0 Å². The summed E-state index contributed by atoms with van der Waals surface area (Å²) >= 11 is 3.28. The normalized spacial score (nSPS) is 11.0. The number of benzene rings is 2. The summed E-state index contributed by atoms with van der Waals surface area (Å²) in [6.07, 6.45) is 0. The molecular weight excluding hydrogens is 436 g/mol. The number of ether oxygens (including phenoxy) is 1. The third-order valence-corrected chi connectivity index (χ3v) is 4.79. The maximum absolute atomic E-state index is 10.3. The predicted octanol–water partition coefficient (Wildman–Crippen LogP) is 3.85. The van der Waals surface area contributed by atoms with E-state index in [1.165, 1.54) is 0 Å². The number of halogens is 1. The quantitative estimate of drug-likeness (QED) is 0.581. The number of aryl methyl sites for hydroxylation is 2. The van der Waals surface area contributed by atoms with Crippen LogP contribution in [-0.4, -0.2) is 14.9 Å². The second kappa shape index (κ2) is 8.05. The number of rotatable bonds is 3. The molecule has 8 nitrogen and oxygen atoms in total. The summed E-state index contributed by atoms with van der Waals surface area (Å²) in [6.45, 7) is 3.63. The number of aromatic nitrogens is 2. The zero-order valence-corrected chi connectivity index (χ0v) is 17.1. The van der Waals surface area contributed by atoms with Crippen molar-refractivity contribution in [2.45, 2.75) is 13.8 Å². The van der Waals surface area contributed by atoms with Crippen LogP contribution in [0, 0.1) is 36.5 Å². The Morgan fingerprint density at radius 2 is 1.69 bits per heavy atom. The third-order valence-electron chi connectivity index (χ3n) is 4.05. The molecule has 0 aliphatic carbocycles. The Hall–Kier alpha value is -3.82. The van der Waals surface area contributed by atoms with Gasteiger partial charge in [-0.3, -0.25) is 0 Å². The SMILES string of the molecule is Cc1cc(C#N)cc(C)c1Oc1nc(=Nc2ccc(C#N)cc2)n(O)c(N)c1Br. The Kier molecular flexibility index (Phi) is 5.53. The van der Waals surface area contributed by atoms with Crippen LogP contribution in [0.3, 0.4) is 0 Å². The third kappa shape index (κ3) is 4.05. The molecule has 0 unspecified atom stereocenters. The smallest absolute Gasteiger partial charge is 0.268 e. The molecule has 1 heterocycles. The summed E-state index contributed by atoms with van der Waals surface area (Å²) in [5, 5.41) is 28.3. The lowest BCUT2D eigenvalue weighted by Gasteiger charge is -2.14. The predicted molar refractivity (Wildman–Crippen MR) is 109 cm³/mol. The summed E-state index contributed by atoms with van der Waals surface area (Å²) < 4.78 is 6.83. The molecule has 0 aliphatic rings. The molecule has 3 rings (SSSR count). The van der Waals surface area contributed by atoms with Crippen LogP contribution in [0.5, 0.6) is 11.6 Å². The number of nitriles is 2. The molecule has 0 radical (unpaired) electrons. The van der Waals surface area contributed by atoms with Gasteiger partial charge in [-0.15, -0.1) is 4.73 Å². The second-order valence-corrected chi connectivity index (χ2v) is 6.94. The Labute approximate surface area is 174 Å². The summed E-state index contributed by atoms with van der Waals surface area (Å²) in [5.41, 5.74) is 8.84. The Morgan fingerprint density at radius 3 is 2.24 bits per heavy atom. The minimum absolute atomic E-state index is 0.0497. The van der Waals surface area contributed by atoms with E-state index in [4.69, 9.17) is 21.0 Å². The summed E-state index contributed by atoms with van der Waals surface area (Å²) in [7, 11) is 0. The molecule has 9 heteroatoms. The van der Waals surface area contributed by atoms with E-state index in [0.717, 1.165) is 11.1 Å². The van der Waals surface area contributed by atoms with Gasteiger partial charge in [-0.25, -0.2) is 4.99 Å². The number of hydrogen-bond acceptors (Lipinski definition) is 7. The fourth-order valence-corrected chi connectivity index (χ4v) is 2.97.